The predicted octanol–water partition coefficient (Wildman–Crippen LogP) is -0.545. The first-order valence-electron chi connectivity index (χ1n) is 6.62. The zero-order chi connectivity index (χ0) is 12.8. The van der Waals surface area contributed by atoms with E-state index in [9.17, 15) is 4.79 Å². The van der Waals surface area contributed by atoms with E-state index in [1.807, 2.05) is 0 Å². The van der Waals surface area contributed by atoms with Gasteiger partial charge in [-0.15, -0.1) is 0 Å². The number of nitrogens with zero attached hydrogens (tertiary/aromatic N) is 2. The van der Waals surface area contributed by atoms with Crippen LogP contribution in [0.5, 0.6) is 0 Å². The van der Waals surface area contributed by atoms with Gasteiger partial charge in [-0.05, 0) is 12.0 Å². The molecule has 18 heavy (non-hydrogen) atoms. The molecule has 0 aromatic heterocycles. The summed E-state index contributed by atoms with van der Waals surface area (Å²) in [6, 6.07) is -0.526. The molecule has 0 spiro atoms. The minimum absolute atomic E-state index is 0.130. The van der Waals surface area contributed by atoms with Crippen LogP contribution in [0.1, 0.15) is 13.3 Å². The Morgan fingerprint density at radius 1 is 1.33 bits per heavy atom. The van der Waals surface area contributed by atoms with E-state index in [0.717, 1.165) is 45.7 Å². The van der Waals surface area contributed by atoms with Crippen molar-refractivity contribution in [3.05, 3.63) is 11.3 Å². The Kier molecular flexibility index (Phi) is 2.71. The fourth-order valence-corrected chi connectivity index (χ4v) is 3.64. The number of carbonyl (C=O) groups excluding carboxylic acids is 1. The van der Waals surface area contributed by atoms with Crippen molar-refractivity contribution in [2.45, 2.75) is 13.3 Å². The van der Waals surface area contributed by atoms with Crippen LogP contribution in [0.2, 0.25) is 0 Å². The minimum Gasteiger partial charge on any atom is -0.350 e. The largest absolute Gasteiger partial charge is 0.350 e. The number of amides is 2. The number of carbonyl (C=O) groups is 1. The Balaban J connectivity index is 1.94. The highest BCUT2D eigenvalue weighted by Crippen LogP contribution is 2.42. The normalized spacial score (nSPS) is 37.6. The van der Waals surface area contributed by atoms with Gasteiger partial charge in [-0.1, -0.05) is 6.92 Å². The van der Waals surface area contributed by atoms with Gasteiger partial charge in [-0.25, -0.2) is 4.79 Å². The highest BCUT2D eigenvalue weighted by atomic mass is 16.2. The number of hydrogen-bond donors (Lipinski definition) is 3. The molecule has 4 rings (SSSR count). The van der Waals surface area contributed by atoms with Crippen LogP contribution >= 0.6 is 0 Å². The molecule has 4 heterocycles. The van der Waals surface area contributed by atoms with E-state index in [2.05, 4.69) is 27.6 Å². The van der Waals surface area contributed by atoms with Crippen LogP contribution in [0.4, 0.5) is 4.79 Å². The number of rotatable bonds is 3. The number of urea groups is 1. The standard InChI is InChI=1S/C12H21N5O/c1-2-12-7-16-3-4-17(8-12)6-9(5-16)10(12)14-15-11(13)18/h14H,2-8H2,1H3,(H3,13,15,18). The van der Waals surface area contributed by atoms with Crippen molar-refractivity contribution in [2.24, 2.45) is 11.1 Å². The van der Waals surface area contributed by atoms with Gasteiger partial charge in [0.25, 0.3) is 0 Å². The zero-order valence-electron chi connectivity index (χ0n) is 10.8. The summed E-state index contributed by atoms with van der Waals surface area (Å²) < 4.78 is 0. The highest BCUT2D eigenvalue weighted by Gasteiger charge is 2.47. The van der Waals surface area contributed by atoms with E-state index in [1.54, 1.807) is 0 Å². The second kappa shape index (κ2) is 4.13. The third kappa shape index (κ3) is 1.76. The van der Waals surface area contributed by atoms with Crippen LogP contribution in [-0.2, 0) is 0 Å². The Labute approximate surface area is 107 Å². The lowest BCUT2D eigenvalue weighted by Crippen LogP contribution is -2.57. The summed E-state index contributed by atoms with van der Waals surface area (Å²) >= 11 is 0. The average Bonchev–Trinajstić information content (AvgIpc) is 2.56. The van der Waals surface area contributed by atoms with Gasteiger partial charge < -0.3 is 11.2 Å². The molecule has 2 fully saturated rings. The number of primary amides is 1. The Morgan fingerprint density at radius 3 is 2.44 bits per heavy atom. The second-order valence-electron chi connectivity index (χ2n) is 5.65. The average molecular weight is 251 g/mol. The van der Waals surface area contributed by atoms with Crippen molar-refractivity contribution in [3.63, 3.8) is 0 Å². The monoisotopic (exact) mass is 251 g/mol. The van der Waals surface area contributed by atoms with Crippen LogP contribution in [0, 0.1) is 5.41 Å². The third-order valence-corrected chi connectivity index (χ3v) is 4.49. The van der Waals surface area contributed by atoms with Gasteiger partial charge in [0.15, 0.2) is 0 Å². The van der Waals surface area contributed by atoms with Crippen molar-refractivity contribution in [3.8, 4) is 0 Å². The predicted molar refractivity (Wildman–Crippen MR) is 68.5 cm³/mol. The topological polar surface area (TPSA) is 73.6 Å². The van der Waals surface area contributed by atoms with Gasteiger partial charge in [0.05, 0.1) is 0 Å². The van der Waals surface area contributed by atoms with E-state index in [-0.39, 0.29) is 5.41 Å². The van der Waals surface area contributed by atoms with Gasteiger partial charge in [0.1, 0.15) is 0 Å². The van der Waals surface area contributed by atoms with Crippen LogP contribution < -0.4 is 16.6 Å². The lowest BCUT2D eigenvalue weighted by atomic mass is 9.74. The van der Waals surface area contributed by atoms with Crippen LogP contribution in [0.25, 0.3) is 0 Å². The summed E-state index contributed by atoms with van der Waals surface area (Å²) in [5.41, 5.74) is 13.5. The van der Waals surface area contributed by atoms with Gasteiger partial charge in [0.2, 0.25) is 0 Å². The van der Waals surface area contributed by atoms with Gasteiger partial charge in [0, 0.05) is 50.4 Å². The maximum absolute atomic E-state index is 10.9. The van der Waals surface area contributed by atoms with E-state index in [4.69, 9.17) is 5.73 Å². The van der Waals surface area contributed by atoms with Gasteiger partial charge in [-0.2, -0.15) is 0 Å². The maximum atomic E-state index is 10.9. The minimum atomic E-state index is -0.526. The van der Waals surface area contributed by atoms with Crippen LogP contribution in [-0.4, -0.2) is 55.1 Å². The number of nitrogens with two attached hydrogens (primary N) is 1. The van der Waals surface area contributed by atoms with Crippen LogP contribution in [0.3, 0.4) is 0 Å². The number of nitrogens with one attached hydrogen (secondary N) is 2. The maximum Gasteiger partial charge on any atom is 0.330 e. The summed E-state index contributed by atoms with van der Waals surface area (Å²) in [7, 11) is 0. The fourth-order valence-electron chi connectivity index (χ4n) is 3.64. The molecule has 0 saturated carbocycles. The molecule has 6 nitrogen and oxygen atoms in total. The highest BCUT2D eigenvalue weighted by molar-refractivity contribution is 5.71. The molecule has 0 aliphatic carbocycles. The quantitative estimate of drug-likeness (QED) is 0.589. The number of fused-ring (bicyclic) bond motifs is 1. The zero-order valence-corrected chi connectivity index (χ0v) is 10.8. The van der Waals surface area contributed by atoms with Crippen molar-refractivity contribution >= 4 is 6.03 Å². The molecular formula is C12H21N5O. The molecule has 100 valence electrons. The van der Waals surface area contributed by atoms with Crippen LogP contribution in [0.15, 0.2) is 11.3 Å². The molecule has 0 radical (unpaired) electrons. The first-order valence-corrected chi connectivity index (χ1v) is 6.62. The Hall–Kier alpha value is -1.27. The van der Waals surface area contributed by atoms with Gasteiger partial charge in [-0.3, -0.25) is 15.2 Å². The first kappa shape index (κ1) is 11.8. The summed E-state index contributed by atoms with van der Waals surface area (Å²) in [5.74, 6) is 0. The third-order valence-electron chi connectivity index (χ3n) is 4.49. The van der Waals surface area contributed by atoms with Crippen molar-refractivity contribution in [2.75, 3.05) is 39.3 Å². The molecule has 2 amide bonds. The Bertz CT molecular complexity index is 387. The summed E-state index contributed by atoms with van der Waals surface area (Å²) in [6.07, 6.45) is 1.08. The summed E-state index contributed by atoms with van der Waals surface area (Å²) in [6.45, 7) is 8.71. The molecule has 2 saturated heterocycles. The smallest absolute Gasteiger partial charge is 0.330 e. The summed E-state index contributed by atoms with van der Waals surface area (Å²) in [5, 5.41) is 0. The molecule has 4 bridgehead atoms. The fraction of sp³-hybridized carbons (Fsp3) is 0.750. The Morgan fingerprint density at radius 2 is 1.94 bits per heavy atom. The molecule has 0 aromatic carbocycles. The number of hydrogen-bond acceptors (Lipinski definition) is 4. The van der Waals surface area contributed by atoms with Crippen molar-refractivity contribution in [1.82, 2.24) is 20.7 Å². The van der Waals surface area contributed by atoms with Crippen molar-refractivity contribution < 1.29 is 4.79 Å². The van der Waals surface area contributed by atoms with E-state index in [1.165, 1.54) is 11.3 Å². The van der Waals surface area contributed by atoms with E-state index in [0.29, 0.717) is 0 Å². The molecule has 2 unspecified atom stereocenters. The molecule has 0 aromatic rings. The van der Waals surface area contributed by atoms with E-state index < -0.39 is 6.03 Å². The molecule has 4 N–H and O–H groups in total. The van der Waals surface area contributed by atoms with E-state index >= 15 is 0 Å². The lowest BCUT2D eigenvalue weighted by Gasteiger charge is -2.48. The molecule has 4 aliphatic rings. The molecule has 4 aliphatic heterocycles. The first-order chi connectivity index (χ1) is 8.63. The summed E-state index contributed by atoms with van der Waals surface area (Å²) in [4.78, 5) is 16.0. The lowest BCUT2D eigenvalue weighted by molar-refractivity contribution is 0.127. The van der Waals surface area contributed by atoms with Crippen molar-refractivity contribution in [1.29, 1.82) is 0 Å². The second-order valence-corrected chi connectivity index (χ2v) is 5.65. The SMILES string of the molecule is CCC12CN3CCN(CC(=C1NNC(N)=O)C3)C2. The molecule has 2 atom stereocenters. The van der Waals surface area contributed by atoms with Gasteiger partial charge >= 0.3 is 6.03 Å². The molecule has 6 heteroatoms. The molecular weight excluding hydrogens is 230 g/mol. The number of hydrazine groups is 1.